The van der Waals surface area contributed by atoms with Crippen LogP contribution in [0.3, 0.4) is 0 Å². The van der Waals surface area contributed by atoms with E-state index in [2.05, 4.69) is 10.6 Å². The number of hydrogen-bond donors (Lipinski definition) is 2. The molecule has 0 unspecified atom stereocenters. The molecule has 0 radical (unpaired) electrons. The Bertz CT molecular complexity index is 1080. The number of nitrogens with one attached hydrogen (secondary N) is 2. The number of benzene rings is 3. The SMILES string of the molecule is COc1ccccc1OCC(=O)Nc1cccc(NC(=O)c2cc(C)ccc2OC)c1. The topological polar surface area (TPSA) is 85.9 Å². The van der Waals surface area contributed by atoms with Crippen LogP contribution in [0.1, 0.15) is 15.9 Å². The highest BCUT2D eigenvalue weighted by molar-refractivity contribution is 6.06. The van der Waals surface area contributed by atoms with Gasteiger partial charge in [-0.3, -0.25) is 9.59 Å². The molecule has 2 amide bonds. The van der Waals surface area contributed by atoms with Gasteiger partial charge in [0.05, 0.1) is 19.8 Å². The van der Waals surface area contributed by atoms with Gasteiger partial charge < -0.3 is 24.8 Å². The number of aryl methyl sites for hydroxylation is 1. The summed E-state index contributed by atoms with van der Waals surface area (Å²) in [7, 11) is 3.05. The Morgan fingerprint density at radius 3 is 2.16 bits per heavy atom. The number of carbonyl (C=O) groups is 2. The van der Waals surface area contributed by atoms with Crippen molar-refractivity contribution < 1.29 is 23.8 Å². The summed E-state index contributed by atoms with van der Waals surface area (Å²) in [5.74, 6) is 0.874. The van der Waals surface area contributed by atoms with Crippen LogP contribution in [0, 0.1) is 6.92 Å². The van der Waals surface area contributed by atoms with Gasteiger partial charge in [-0.15, -0.1) is 0 Å². The normalized spacial score (nSPS) is 10.2. The highest BCUT2D eigenvalue weighted by Crippen LogP contribution is 2.26. The lowest BCUT2D eigenvalue weighted by atomic mass is 10.1. The number of carbonyl (C=O) groups excluding carboxylic acids is 2. The van der Waals surface area contributed by atoms with Crippen LogP contribution in [0.5, 0.6) is 17.2 Å². The van der Waals surface area contributed by atoms with E-state index in [1.807, 2.05) is 19.1 Å². The Morgan fingerprint density at radius 2 is 1.45 bits per heavy atom. The average molecular weight is 420 g/mol. The van der Waals surface area contributed by atoms with E-state index in [9.17, 15) is 9.59 Å². The van der Waals surface area contributed by atoms with Crippen molar-refractivity contribution in [1.82, 2.24) is 0 Å². The molecule has 0 saturated heterocycles. The van der Waals surface area contributed by atoms with E-state index in [0.29, 0.717) is 34.2 Å². The van der Waals surface area contributed by atoms with Crippen LogP contribution < -0.4 is 24.8 Å². The lowest BCUT2D eigenvalue weighted by molar-refractivity contribution is -0.118. The van der Waals surface area contributed by atoms with Gasteiger partial charge in [0.1, 0.15) is 5.75 Å². The Morgan fingerprint density at radius 1 is 0.774 bits per heavy atom. The molecule has 0 saturated carbocycles. The quantitative estimate of drug-likeness (QED) is 0.568. The van der Waals surface area contributed by atoms with E-state index in [4.69, 9.17) is 14.2 Å². The van der Waals surface area contributed by atoms with Gasteiger partial charge in [0.25, 0.3) is 11.8 Å². The van der Waals surface area contributed by atoms with Gasteiger partial charge in [0.2, 0.25) is 0 Å². The highest BCUT2D eigenvalue weighted by Gasteiger charge is 2.13. The molecule has 0 fully saturated rings. The molecule has 7 nitrogen and oxygen atoms in total. The van der Waals surface area contributed by atoms with Gasteiger partial charge >= 0.3 is 0 Å². The molecule has 31 heavy (non-hydrogen) atoms. The first-order valence-electron chi connectivity index (χ1n) is 9.62. The minimum absolute atomic E-state index is 0.183. The second kappa shape index (κ2) is 10.2. The number of amides is 2. The zero-order valence-corrected chi connectivity index (χ0v) is 17.6. The molecular weight excluding hydrogens is 396 g/mol. The van der Waals surface area contributed by atoms with Crippen molar-refractivity contribution in [2.45, 2.75) is 6.92 Å². The molecule has 7 heteroatoms. The summed E-state index contributed by atoms with van der Waals surface area (Å²) in [6.07, 6.45) is 0. The summed E-state index contributed by atoms with van der Waals surface area (Å²) in [6.45, 7) is 1.72. The number of ether oxygens (including phenoxy) is 3. The summed E-state index contributed by atoms with van der Waals surface area (Å²) >= 11 is 0. The van der Waals surface area contributed by atoms with Crippen LogP contribution in [0.4, 0.5) is 11.4 Å². The van der Waals surface area contributed by atoms with E-state index in [0.717, 1.165) is 5.56 Å². The highest BCUT2D eigenvalue weighted by atomic mass is 16.5. The summed E-state index contributed by atoms with van der Waals surface area (Å²) in [5.41, 5.74) is 2.45. The van der Waals surface area contributed by atoms with Crippen molar-refractivity contribution >= 4 is 23.2 Å². The molecule has 0 aliphatic rings. The molecule has 160 valence electrons. The van der Waals surface area contributed by atoms with Gasteiger partial charge in [-0.25, -0.2) is 0 Å². The third kappa shape index (κ3) is 5.76. The Kier molecular flexibility index (Phi) is 7.11. The summed E-state index contributed by atoms with van der Waals surface area (Å²) < 4.78 is 16.0. The maximum absolute atomic E-state index is 12.7. The van der Waals surface area contributed by atoms with Crippen LogP contribution in [0.15, 0.2) is 66.7 Å². The fourth-order valence-electron chi connectivity index (χ4n) is 2.95. The second-order valence-electron chi connectivity index (χ2n) is 6.73. The molecule has 3 aromatic carbocycles. The van der Waals surface area contributed by atoms with Crippen molar-refractivity contribution in [3.05, 3.63) is 77.9 Å². The number of anilines is 2. The van der Waals surface area contributed by atoms with E-state index in [1.165, 1.54) is 14.2 Å². The van der Waals surface area contributed by atoms with Gasteiger partial charge in [0, 0.05) is 11.4 Å². The van der Waals surface area contributed by atoms with E-state index < -0.39 is 0 Å². The predicted octanol–water partition coefficient (Wildman–Crippen LogP) is 4.28. The largest absolute Gasteiger partial charge is 0.496 e. The van der Waals surface area contributed by atoms with Crippen molar-refractivity contribution in [3.8, 4) is 17.2 Å². The van der Waals surface area contributed by atoms with E-state index in [-0.39, 0.29) is 18.4 Å². The summed E-state index contributed by atoms with van der Waals surface area (Å²) in [6, 6.07) is 19.3. The molecule has 0 aliphatic carbocycles. The van der Waals surface area contributed by atoms with Gasteiger partial charge in [-0.2, -0.15) is 0 Å². The molecule has 0 heterocycles. The average Bonchev–Trinajstić information content (AvgIpc) is 2.78. The Balaban J connectivity index is 1.63. The molecule has 0 bridgehead atoms. The Hall–Kier alpha value is -4.00. The molecule has 2 N–H and O–H groups in total. The summed E-state index contributed by atoms with van der Waals surface area (Å²) in [5, 5.41) is 5.58. The van der Waals surface area contributed by atoms with Gasteiger partial charge in [-0.1, -0.05) is 29.8 Å². The molecule has 0 spiro atoms. The first-order chi connectivity index (χ1) is 15.0. The van der Waals surface area contributed by atoms with Crippen molar-refractivity contribution in [2.75, 3.05) is 31.5 Å². The predicted molar refractivity (Wildman–Crippen MR) is 119 cm³/mol. The maximum atomic E-state index is 12.7. The fraction of sp³-hybridized carbons (Fsp3) is 0.167. The van der Waals surface area contributed by atoms with Crippen molar-refractivity contribution in [1.29, 1.82) is 0 Å². The fourth-order valence-corrected chi connectivity index (χ4v) is 2.95. The smallest absolute Gasteiger partial charge is 0.262 e. The van der Waals surface area contributed by atoms with Crippen molar-refractivity contribution in [3.63, 3.8) is 0 Å². The number of methoxy groups -OCH3 is 2. The minimum Gasteiger partial charge on any atom is -0.496 e. The summed E-state index contributed by atoms with van der Waals surface area (Å²) in [4.78, 5) is 25.0. The molecule has 0 aliphatic heterocycles. The zero-order chi connectivity index (χ0) is 22.2. The maximum Gasteiger partial charge on any atom is 0.262 e. The third-order valence-electron chi connectivity index (χ3n) is 4.43. The van der Waals surface area contributed by atoms with E-state index >= 15 is 0 Å². The lowest BCUT2D eigenvalue weighted by Crippen LogP contribution is -2.20. The number of rotatable bonds is 8. The first-order valence-corrected chi connectivity index (χ1v) is 9.62. The second-order valence-corrected chi connectivity index (χ2v) is 6.73. The first kappa shape index (κ1) is 21.7. The van der Waals surface area contributed by atoms with E-state index in [1.54, 1.807) is 54.6 Å². The molecule has 3 aromatic rings. The van der Waals surface area contributed by atoms with Crippen molar-refractivity contribution in [2.24, 2.45) is 0 Å². The third-order valence-corrected chi connectivity index (χ3v) is 4.43. The standard InChI is InChI=1S/C24H24N2O5/c1-16-11-12-20(29-2)19(13-16)24(28)26-18-8-6-7-17(14-18)25-23(27)15-31-22-10-5-4-9-21(22)30-3/h4-14H,15H2,1-3H3,(H,25,27)(H,26,28). The van der Waals surface area contributed by atoms with Crippen LogP contribution in [-0.2, 0) is 4.79 Å². The minimum atomic E-state index is -0.338. The Labute approximate surface area is 180 Å². The van der Waals surface area contributed by atoms with Gasteiger partial charge in [-0.05, 0) is 49.4 Å². The van der Waals surface area contributed by atoms with Gasteiger partial charge in [0.15, 0.2) is 18.1 Å². The number of hydrogen-bond acceptors (Lipinski definition) is 5. The molecule has 0 atom stereocenters. The zero-order valence-electron chi connectivity index (χ0n) is 17.6. The van der Waals surface area contributed by atoms with Crippen LogP contribution in [0.2, 0.25) is 0 Å². The molecule has 3 rings (SSSR count). The number of para-hydroxylation sites is 2. The molecular formula is C24H24N2O5. The van der Waals surface area contributed by atoms with Crippen LogP contribution in [0.25, 0.3) is 0 Å². The van der Waals surface area contributed by atoms with Crippen LogP contribution in [-0.4, -0.2) is 32.6 Å². The molecule has 0 aromatic heterocycles. The van der Waals surface area contributed by atoms with Crippen LogP contribution >= 0.6 is 0 Å². The monoisotopic (exact) mass is 420 g/mol. The lowest BCUT2D eigenvalue weighted by Gasteiger charge is -2.12.